The number of aromatic nitrogens is 1. The lowest BCUT2D eigenvalue weighted by molar-refractivity contribution is 0.0697. The number of anilines is 1. The molecule has 0 radical (unpaired) electrons. The molecule has 0 amide bonds. The molecule has 0 aromatic carbocycles. The van der Waals surface area contributed by atoms with Gasteiger partial charge < -0.3 is 10.0 Å². The zero-order valence-electron chi connectivity index (χ0n) is 12.2. The number of fused-ring (bicyclic) bond motifs is 2. The number of carbonyl (C=O) groups is 1. The van der Waals surface area contributed by atoms with E-state index >= 15 is 0 Å². The summed E-state index contributed by atoms with van der Waals surface area (Å²) in [5, 5.41) is 9.30. The lowest BCUT2D eigenvalue weighted by Crippen LogP contribution is -2.30. The number of nitrogens with zero attached hydrogens (tertiary/aromatic N) is 2. The van der Waals surface area contributed by atoms with E-state index in [0.717, 1.165) is 24.1 Å². The van der Waals surface area contributed by atoms with Gasteiger partial charge in [-0.1, -0.05) is 6.42 Å². The predicted octanol–water partition coefficient (Wildman–Crippen LogP) is 2.96. The molecule has 2 fully saturated rings. The second-order valence-corrected chi connectivity index (χ2v) is 6.44. The first-order valence-electron chi connectivity index (χ1n) is 7.46. The first kappa shape index (κ1) is 13.4. The largest absolute Gasteiger partial charge is 0.478 e. The van der Waals surface area contributed by atoms with Crippen LogP contribution in [-0.4, -0.2) is 29.7 Å². The summed E-state index contributed by atoms with van der Waals surface area (Å²) in [5.74, 6) is 2.19. The van der Waals surface area contributed by atoms with Crippen LogP contribution in [0.25, 0.3) is 0 Å². The molecular formula is C16H22N2O2. The predicted molar refractivity (Wildman–Crippen MR) is 78.1 cm³/mol. The number of aromatic carboxylic acids is 1. The zero-order valence-corrected chi connectivity index (χ0v) is 12.2. The molecule has 108 valence electrons. The van der Waals surface area contributed by atoms with Crippen molar-refractivity contribution < 1.29 is 9.90 Å². The Morgan fingerprint density at radius 3 is 2.80 bits per heavy atom. The Labute approximate surface area is 119 Å². The number of hydrogen-bond donors (Lipinski definition) is 1. The van der Waals surface area contributed by atoms with Gasteiger partial charge in [-0.2, -0.15) is 0 Å². The Bertz CT molecular complexity index is 529. The highest BCUT2D eigenvalue weighted by atomic mass is 16.4. The summed E-state index contributed by atoms with van der Waals surface area (Å²) in [5.41, 5.74) is 1.17. The number of carboxylic acids is 1. The van der Waals surface area contributed by atoms with Crippen LogP contribution in [0.3, 0.4) is 0 Å². The van der Waals surface area contributed by atoms with Crippen LogP contribution >= 0.6 is 0 Å². The molecule has 0 spiro atoms. The average molecular weight is 274 g/mol. The lowest BCUT2D eigenvalue weighted by atomic mass is 9.88. The molecule has 4 heteroatoms. The summed E-state index contributed by atoms with van der Waals surface area (Å²) < 4.78 is 0. The number of carboxylic acid groups (broad SMARTS) is 1. The molecule has 2 aliphatic rings. The molecule has 0 aliphatic heterocycles. The van der Waals surface area contributed by atoms with Crippen LogP contribution < -0.4 is 4.90 Å². The molecule has 1 heterocycles. The van der Waals surface area contributed by atoms with E-state index in [0.29, 0.717) is 17.3 Å². The Morgan fingerprint density at radius 1 is 1.40 bits per heavy atom. The fourth-order valence-corrected chi connectivity index (χ4v) is 4.04. The van der Waals surface area contributed by atoms with Crippen LogP contribution in [0, 0.1) is 24.7 Å². The highest BCUT2D eigenvalue weighted by Crippen LogP contribution is 2.48. The first-order chi connectivity index (χ1) is 9.54. The quantitative estimate of drug-likeness (QED) is 0.917. The molecule has 3 atom stereocenters. The van der Waals surface area contributed by atoms with E-state index in [4.69, 9.17) is 0 Å². The van der Waals surface area contributed by atoms with Crippen LogP contribution in [0.2, 0.25) is 0 Å². The standard InChI is InChI=1S/C16H22N2O2/c1-10-3-6-14(16(19)20)15(17-10)18(2)9-13-8-11-4-5-12(13)7-11/h3,6,11-13H,4-5,7-9H2,1-2H3,(H,19,20). The van der Waals surface area contributed by atoms with Gasteiger partial charge in [-0.25, -0.2) is 9.78 Å². The maximum Gasteiger partial charge on any atom is 0.339 e. The minimum absolute atomic E-state index is 0.307. The summed E-state index contributed by atoms with van der Waals surface area (Å²) in [6.45, 7) is 2.83. The van der Waals surface area contributed by atoms with E-state index in [1.807, 2.05) is 18.9 Å². The van der Waals surface area contributed by atoms with Crippen LogP contribution in [0.4, 0.5) is 5.82 Å². The van der Waals surface area contributed by atoms with Crippen molar-refractivity contribution in [1.82, 2.24) is 4.98 Å². The summed E-state index contributed by atoms with van der Waals surface area (Å²) in [6.07, 6.45) is 5.44. The van der Waals surface area contributed by atoms with Crippen molar-refractivity contribution >= 4 is 11.8 Å². The van der Waals surface area contributed by atoms with Crippen LogP contribution in [0.15, 0.2) is 12.1 Å². The normalized spacial score (nSPS) is 27.8. The number of aryl methyl sites for hydroxylation is 1. The van der Waals surface area contributed by atoms with E-state index in [-0.39, 0.29) is 0 Å². The third kappa shape index (κ3) is 2.39. The lowest BCUT2D eigenvalue weighted by Gasteiger charge is -2.28. The average Bonchev–Trinajstić information content (AvgIpc) is 3.00. The van der Waals surface area contributed by atoms with E-state index in [2.05, 4.69) is 4.98 Å². The van der Waals surface area contributed by atoms with Crippen molar-refractivity contribution in [3.05, 3.63) is 23.4 Å². The maximum absolute atomic E-state index is 11.3. The van der Waals surface area contributed by atoms with Gasteiger partial charge in [0.2, 0.25) is 0 Å². The van der Waals surface area contributed by atoms with Crippen molar-refractivity contribution in [3.8, 4) is 0 Å². The van der Waals surface area contributed by atoms with Gasteiger partial charge in [0.25, 0.3) is 0 Å². The first-order valence-corrected chi connectivity index (χ1v) is 7.46. The van der Waals surface area contributed by atoms with Crippen LogP contribution in [-0.2, 0) is 0 Å². The molecule has 3 unspecified atom stereocenters. The van der Waals surface area contributed by atoms with Gasteiger partial charge in [-0.05, 0) is 56.1 Å². The smallest absolute Gasteiger partial charge is 0.339 e. The molecule has 2 aliphatic carbocycles. The molecule has 2 saturated carbocycles. The Balaban J connectivity index is 1.78. The highest BCUT2D eigenvalue weighted by molar-refractivity contribution is 5.93. The molecular weight excluding hydrogens is 252 g/mol. The van der Waals surface area contributed by atoms with Crippen molar-refractivity contribution in [2.75, 3.05) is 18.5 Å². The highest BCUT2D eigenvalue weighted by Gasteiger charge is 2.39. The van der Waals surface area contributed by atoms with Crippen molar-refractivity contribution in [2.24, 2.45) is 17.8 Å². The fourth-order valence-electron chi connectivity index (χ4n) is 4.04. The van der Waals surface area contributed by atoms with Crippen molar-refractivity contribution in [2.45, 2.75) is 32.6 Å². The Morgan fingerprint density at radius 2 is 2.20 bits per heavy atom. The van der Waals surface area contributed by atoms with Gasteiger partial charge in [0.15, 0.2) is 0 Å². The number of rotatable bonds is 4. The number of pyridine rings is 1. The summed E-state index contributed by atoms with van der Waals surface area (Å²) >= 11 is 0. The second-order valence-electron chi connectivity index (χ2n) is 6.44. The monoisotopic (exact) mass is 274 g/mol. The van der Waals surface area contributed by atoms with E-state index in [9.17, 15) is 9.90 Å². The molecule has 1 N–H and O–H groups in total. The summed E-state index contributed by atoms with van der Waals surface area (Å²) in [4.78, 5) is 17.8. The molecule has 20 heavy (non-hydrogen) atoms. The molecule has 2 bridgehead atoms. The SMILES string of the molecule is Cc1ccc(C(=O)O)c(N(C)CC2CC3CCC2C3)n1. The van der Waals surface area contributed by atoms with Gasteiger partial charge in [-0.15, -0.1) is 0 Å². The molecule has 3 rings (SSSR count). The van der Waals surface area contributed by atoms with E-state index in [1.165, 1.54) is 25.7 Å². The summed E-state index contributed by atoms with van der Waals surface area (Å²) in [7, 11) is 1.97. The van der Waals surface area contributed by atoms with Gasteiger partial charge >= 0.3 is 5.97 Å². The van der Waals surface area contributed by atoms with Crippen molar-refractivity contribution in [1.29, 1.82) is 0 Å². The minimum atomic E-state index is -0.896. The molecule has 1 aromatic rings. The summed E-state index contributed by atoms with van der Waals surface area (Å²) in [6, 6.07) is 3.43. The Hall–Kier alpha value is -1.58. The molecule has 0 saturated heterocycles. The second kappa shape index (κ2) is 5.08. The van der Waals surface area contributed by atoms with Crippen LogP contribution in [0.5, 0.6) is 0 Å². The van der Waals surface area contributed by atoms with E-state index < -0.39 is 5.97 Å². The molecule has 1 aromatic heterocycles. The zero-order chi connectivity index (χ0) is 14.3. The minimum Gasteiger partial charge on any atom is -0.478 e. The molecule has 4 nitrogen and oxygen atoms in total. The topological polar surface area (TPSA) is 53.4 Å². The third-order valence-corrected chi connectivity index (χ3v) is 5.00. The fraction of sp³-hybridized carbons (Fsp3) is 0.625. The van der Waals surface area contributed by atoms with Crippen molar-refractivity contribution in [3.63, 3.8) is 0 Å². The van der Waals surface area contributed by atoms with Gasteiger partial charge in [0.1, 0.15) is 11.4 Å². The maximum atomic E-state index is 11.3. The van der Waals surface area contributed by atoms with Crippen LogP contribution in [0.1, 0.15) is 41.7 Å². The van der Waals surface area contributed by atoms with E-state index in [1.54, 1.807) is 12.1 Å². The van der Waals surface area contributed by atoms with Gasteiger partial charge in [0.05, 0.1) is 0 Å². The number of hydrogen-bond acceptors (Lipinski definition) is 3. The Kier molecular flexibility index (Phi) is 3.40. The van der Waals surface area contributed by atoms with Gasteiger partial charge in [-0.3, -0.25) is 0 Å². The third-order valence-electron chi connectivity index (χ3n) is 5.00. The van der Waals surface area contributed by atoms with Gasteiger partial charge in [0, 0.05) is 19.3 Å².